The molecule has 2 heterocycles. The van der Waals surface area contributed by atoms with E-state index in [2.05, 4.69) is 20.4 Å². The number of carbonyl (C=O) groups excluding carboxylic acids is 1. The molecule has 7 nitrogen and oxygen atoms in total. The maximum atomic E-state index is 13.3. The summed E-state index contributed by atoms with van der Waals surface area (Å²) in [4.78, 5) is 22.0. The summed E-state index contributed by atoms with van der Waals surface area (Å²) in [6.07, 6.45) is -9.71. The number of fused-ring (bicyclic) bond motifs is 1. The first-order valence-corrected chi connectivity index (χ1v) is 10.3. The third-order valence-electron chi connectivity index (χ3n) is 5.34. The van der Waals surface area contributed by atoms with Crippen LogP contribution < -0.4 is 10.2 Å². The zero-order valence-electron chi connectivity index (χ0n) is 18.8. The van der Waals surface area contributed by atoms with Gasteiger partial charge in [-0.05, 0) is 45.9 Å². The van der Waals surface area contributed by atoms with Crippen LogP contribution in [0.3, 0.4) is 0 Å². The van der Waals surface area contributed by atoms with E-state index in [1.165, 1.54) is 19.9 Å². The number of aryl methyl sites for hydroxylation is 2. The van der Waals surface area contributed by atoms with E-state index in [0.717, 1.165) is 16.6 Å². The molecule has 0 atom stereocenters. The molecule has 34 heavy (non-hydrogen) atoms. The number of hydrogen-bond donors (Lipinski definition) is 1. The van der Waals surface area contributed by atoms with Crippen molar-refractivity contribution in [2.75, 3.05) is 23.3 Å². The highest BCUT2D eigenvalue weighted by Crippen LogP contribution is 2.35. The van der Waals surface area contributed by atoms with E-state index in [9.17, 15) is 31.1 Å². The molecule has 3 rings (SSSR count). The average Bonchev–Trinajstić information content (AvgIpc) is 3.17. The molecule has 1 N–H and O–H groups in total. The maximum Gasteiger partial charge on any atom is 0.453 e. The molecule has 0 radical (unpaired) electrons. The summed E-state index contributed by atoms with van der Waals surface area (Å²) in [5.74, 6) is -2.29. The van der Waals surface area contributed by atoms with Gasteiger partial charge in [-0.25, -0.2) is 9.50 Å². The van der Waals surface area contributed by atoms with Crippen LogP contribution in [-0.4, -0.2) is 38.6 Å². The van der Waals surface area contributed by atoms with Gasteiger partial charge in [-0.3, -0.25) is 4.79 Å². The number of benzene rings is 1. The number of anilines is 2. The summed E-state index contributed by atoms with van der Waals surface area (Å²) in [5, 5.41) is 5.95. The van der Waals surface area contributed by atoms with Crippen molar-refractivity contribution in [3.05, 3.63) is 46.5 Å². The zero-order valence-corrected chi connectivity index (χ0v) is 18.8. The van der Waals surface area contributed by atoms with Crippen LogP contribution in [0.2, 0.25) is 0 Å². The second kappa shape index (κ2) is 9.11. The second-order valence-corrected chi connectivity index (χ2v) is 7.53. The van der Waals surface area contributed by atoms with Gasteiger partial charge in [0.25, 0.3) is 11.6 Å². The first-order valence-electron chi connectivity index (χ1n) is 10.3. The van der Waals surface area contributed by atoms with Crippen LogP contribution in [-0.2, 0) is 23.6 Å². The Bertz CT molecular complexity index is 1210. The van der Waals surface area contributed by atoms with E-state index in [1.54, 1.807) is 4.90 Å². The number of carbonyl (C=O) groups is 1. The molecule has 0 bridgehead atoms. The molecule has 3 aromatic rings. The third kappa shape index (κ3) is 5.07. The van der Waals surface area contributed by atoms with Gasteiger partial charge in [-0.1, -0.05) is 0 Å². The van der Waals surface area contributed by atoms with Crippen LogP contribution in [0.4, 0.5) is 37.7 Å². The highest BCUT2D eigenvalue weighted by atomic mass is 19.4. The van der Waals surface area contributed by atoms with Crippen molar-refractivity contribution in [2.45, 2.75) is 46.5 Å². The minimum absolute atomic E-state index is 0.0204. The first kappa shape index (κ1) is 25.2. The van der Waals surface area contributed by atoms with Gasteiger partial charge >= 0.3 is 12.4 Å². The largest absolute Gasteiger partial charge is 0.453 e. The topological polar surface area (TPSA) is 75.4 Å². The molecule has 184 valence electrons. The lowest BCUT2D eigenvalue weighted by Crippen LogP contribution is -2.25. The summed E-state index contributed by atoms with van der Waals surface area (Å²) in [5.41, 5.74) is 0.242. The number of hydrogen-bond acceptors (Lipinski definition) is 5. The Morgan fingerprint density at radius 2 is 1.68 bits per heavy atom. The van der Waals surface area contributed by atoms with Crippen LogP contribution in [0, 0.1) is 13.8 Å². The van der Waals surface area contributed by atoms with Crippen molar-refractivity contribution in [1.29, 1.82) is 0 Å². The predicted molar refractivity (Wildman–Crippen MR) is 113 cm³/mol. The van der Waals surface area contributed by atoms with Crippen molar-refractivity contribution < 1.29 is 31.1 Å². The minimum atomic E-state index is -4.77. The Labute approximate surface area is 190 Å². The lowest BCUT2D eigenvalue weighted by molar-refractivity contribution is -0.144. The van der Waals surface area contributed by atoms with Gasteiger partial charge in [0, 0.05) is 30.0 Å². The van der Waals surface area contributed by atoms with Gasteiger partial charge in [0.1, 0.15) is 0 Å². The highest BCUT2D eigenvalue weighted by molar-refractivity contribution is 5.96. The molecular weight excluding hydrogens is 466 g/mol. The molecule has 0 aliphatic heterocycles. The van der Waals surface area contributed by atoms with Gasteiger partial charge in [0.15, 0.2) is 0 Å². The monoisotopic (exact) mass is 488 g/mol. The highest BCUT2D eigenvalue weighted by Gasteiger charge is 2.37. The summed E-state index contributed by atoms with van der Waals surface area (Å²) in [6.45, 7) is 7.62. The Morgan fingerprint density at radius 3 is 2.24 bits per heavy atom. The van der Waals surface area contributed by atoms with E-state index in [0.29, 0.717) is 24.3 Å². The molecule has 1 aromatic carbocycles. The number of aromatic nitrogens is 4. The molecule has 1 amide bonds. The van der Waals surface area contributed by atoms with Crippen molar-refractivity contribution in [1.82, 2.24) is 19.6 Å². The summed E-state index contributed by atoms with van der Waals surface area (Å²) in [6, 6.07) is 3.10. The van der Waals surface area contributed by atoms with E-state index in [-0.39, 0.29) is 29.3 Å². The van der Waals surface area contributed by atoms with Crippen molar-refractivity contribution in [3.63, 3.8) is 0 Å². The third-order valence-corrected chi connectivity index (χ3v) is 5.34. The van der Waals surface area contributed by atoms with Gasteiger partial charge in [0.2, 0.25) is 5.91 Å². The Kier molecular flexibility index (Phi) is 6.76. The van der Waals surface area contributed by atoms with Crippen LogP contribution in [0.1, 0.15) is 42.2 Å². The van der Waals surface area contributed by atoms with Crippen molar-refractivity contribution in [2.24, 2.45) is 0 Å². The molecule has 13 heteroatoms. The van der Waals surface area contributed by atoms with Crippen molar-refractivity contribution >= 4 is 23.1 Å². The molecule has 0 saturated carbocycles. The molecular formula is C21H22F6N6O. The summed E-state index contributed by atoms with van der Waals surface area (Å²) >= 11 is 0. The average molecular weight is 488 g/mol. The predicted octanol–water partition coefficient (Wildman–Crippen LogP) is 4.81. The normalized spacial score (nSPS) is 12.3. The standard InChI is InChI=1S/C21H22F6N6O/c1-5-32(6-2)16-8-7-13(20(22,23)24)9-15(16)29-17(34)10-14-11(3)28-19-30-18(21(25,26)27)31-33(19)12(14)4/h7-9H,5-6,10H2,1-4H3,(H,29,34). The molecule has 0 unspecified atom stereocenters. The fourth-order valence-corrected chi connectivity index (χ4v) is 3.59. The molecule has 0 spiro atoms. The van der Waals surface area contributed by atoms with Gasteiger partial charge in [0.05, 0.1) is 23.4 Å². The lowest BCUT2D eigenvalue weighted by atomic mass is 10.1. The number of rotatable bonds is 6. The SMILES string of the molecule is CCN(CC)c1ccc(C(F)(F)F)cc1NC(=O)Cc1c(C)nc2nc(C(F)(F)F)nn2c1C. The number of halogens is 6. The maximum absolute atomic E-state index is 13.3. The molecule has 2 aromatic heterocycles. The quantitative estimate of drug-likeness (QED) is 0.505. The van der Waals surface area contributed by atoms with Crippen LogP contribution in [0.15, 0.2) is 18.2 Å². The molecule has 0 aliphatic rings. The molecule has 0 aliphatic carbocycles. The van der Waals surface area contributed by atoms with Crippen LogP contribution in [0.25, 0.3) is 5.78 Å². The van der Waals surface area contributed by atoms with E-state index in [1.807, 2.05) is 13.8 Å². The first-order chi connectivity index (χ1) is 15.8. The fourth-order valence-electron chi connectivity index (χ4n) is 3.59. The molecule has 0 fully saturated rings. The summed E-state index contributed by atoms with van der Waals surface area (Å²) < 4.78 is 79.6. The lowest BCUT2D eigenvalue weighted by Gasteiger charge is -2.25. The number of alkyl halides is 6. The van der Waals surface area contributed by atoms with Crippen LogP contribution >= 0.6 is 0 Å². The number of nitrogens with zero attached hydrogens (tertiary/aromatic N) is 5. The summed E-state index contributed by atoms with van der Waals surface area (Å²) in [7, 11) is 0. The zero-order chi connectivity index (χ0) is 25.4. The van der Waals surface area contributed by atoms with Gasteiger partial charge in [-0.2, -0.15) is 31.3 Å². The fraction of sp³-hybridized carbons (Fsp3) is 0.429. The van der Waals surface area contributed by atoms with Gasteiger partial charge in [-0.15, -0.1) is 5.10 Å². The van der Waals surface area contributed by atoms with E-state index in [4.69, 9.17) is 0 Å². The number of amides is 1. The number of nitrogens with one attached hydrogen (secondary N) is 1. The van der Waals surface area contributed by atoms with E-state index < -0.39 is 29.6 Å². The molecule has 0 saturated heterocycles. The Hall–Kier alpha value is -3.38. The minimum Gasteiger partial charge on any atom is -0.370 e. The van der Waals surface area contributed by atoms with Crippen molar-refractivity contribution in [3.8, 4) is 0 Å². The smallest absolute Gasteiger partial charge is 0.370 e. The Balaban J connectivity index is 1.96. The second-order valence-electron chi connectivity index (χ2n) is 7.53. The Morgan fingerprint density at radius 1 is 1.03 bits per heavy atom. The van der Waals surface area contributed by atoms with Gasteiger partial charge < -0.3 is 10.2 Å². The van der Waals surface area contributed by atoms with Crippen LogP contribution in [0.5, 0.6) is 0 Å². The van der Waals surface area contributed by atoms with E-state index >= 15 is 0 Å².